The van der Waals surface area contributed by atoms with E-state index in [4.69, 9.17) is 14.2 Å². The van der Waals surface area contributed by atoms with Gasteiger partial charge in [-0.1, -0.05) is 43.3 Å². The van der Waals surface area contributed by atoms with Gasteiger partial charge in [-0.2, -0.15) is 0 Å². The quantitative estimate of drug-likeness (QED) is 0.686. The third kappa shape index (κ3) is 5.74. The average molecular weight is 371 g/mol. The van der Waals surface area contributed by atoms with E-state index in [1.807, 2.05) is 43.3 Å². The second kappa shape index (κ2) is 10.2. The molecule has 0 saturated heterocycles. The van der Waals surface area contributed by atoms with Gasteiger partial charge in [-0.05, 0) is 29.7 Å². The van der Waals surface area contributed by atoms with E-state index in [0.717, 1.165) is 11.1 Å². The number of hydrogen-bond donors (Lipinski definition) is 1. The zero-order valence-corrected chi connectivity index (χ0v) is 15.9. The summed E-state index contributed by atoms with van der Waals surface area (Å²) in [5, 5.41) is 2.73. The number of amides is 1. The van der Waals surface area contributed by atoms with Crippen molar-refractivity contribution in [2.75, 3.05) is 20.8 Å². The van der Waals surface area contributed by atoms with Gasteiger partial charge in [0.25, 0.3) is 5.91 Å². The van der Waals surface area contributed by atoms with E-state index in [2.05, 4.69) is 5.32 Å². The highest BCUT2D eigenvalue weighted by Gasteiger charge is 2.20. The number of rotatable bonds is 9. The van der Waals surface area contributed by atoms with E-state index in [1.54, 1.807) is 26.4 Å². The van der Waals surface area contributed by atoms with E-state index in [0.29, 0.717) is 24.5 Å². The monoisotopic (exact) mass is 371 g/mol. The standard InChI is InChI=1S/C21H25NO5/c1-4-17(16-8-6-5-7-9-16)21(24)27-14-20(23)22-13-15-10-11-18(25-2)19(12-15)26-3/h5-12,17H,4,13-14H2,1-3H3,(H,22,23). The zero-order valence-electron chi connectivity index (χ0n) is 15.9. The molecule has 2 rings (SSSR count). The number of nitrogens with one attached hydrogen (secondary N) is 1. The highest BCUT2D eigenvalue weighted by Crippen LogP contribution is 2.27. The molecule has 0 bridgehead atoms. The number of carbonyl (C=O) groups excluding carboxylic acids is 2. The highest BCUT2D eigenvalue weighted by atomic mass is 16.5. The fourth-order valence-electron chi connectivity index (χ4n) is 2.70. The van der Waals surface area contributed by atoms with Gasteiger partial charge in [-0.25, -0.2) is 0 Å². The van der Waals surface area contributed by atoms with Gasteiger partial charge in [-0.15, -0.1) is 0 Å². The molecule has 1 N–H and O–H groups in total. The summed E-state index contributed by atoms with van der Waals surface area (Å²) in [5.41, 5.74) is 1.73. The van der Waals surface area contributed by atoms with Crippen LogP contribution in [0.2, 0.25) is 0 Å². The fourth-order valence-corrected chi connectivity index (χ4v) is 2.70. The Bertz CT molecular complexity index is 760. The van der Waals surface area contributed by atoms with Crippen LogP contribution in [0.25, 0.3) is 0 Å². The first-order chi connectivity index (χ1) is 13.1. The number of benzene rings is 2. The molecule has 1 atom stereocenters. The Labute approximate surface area is 159 Å². The molecule has 0 aliphatic carbocycles. The first-order valence-corrected chi connectivity index (χ1v) is 8.78. The van der Waals surface area contributed by atoms with Crippen molar-refractivity contribution in [2.24, 2.45) is 0 Å². The molecule has 0 saturated carbocycles. The average Bonchev–Trinajstić information content (AvgIpc) is 2.71. The molecule has 2 aromatic carbocycles. The topological polar surface area (TPSA) is 73.9 Å². The Hall–Kier alpha value is -3.02. The molecule has 0 aliphatic heterocycles. The summed E-state index contributed by atoms with van der Waals surface area (Å²) in [5.74, 6) is 0.0771. The second-order valence-corrected chi connectivity index (χ2v) is 5.95. The molecule has 144 valence electrons. The normalized spacial score (nSPS) is 11.4. The van der Waals surface area contributed by atoms with E-state index < -0.39 is 5.97 Å². The van der Waals surface area contributed by atoms with Crippen LogP contribution in [-0.4, -0.2) is 32.7 Å². The van der Waals surface area contributed by atoms with Crippen LogP contribution in [0.4, 0.5) is 0 Å². The van der Waals surface area contributed by atoms with Gasteiger partial charge < -0.3 is 19.5 Å². The van der Waals surface area contributed by atoms with E-state index in [1.165, 1.54) is 0 Å². The number of hydrogen-bond acceptors (Lipinski definition) is 5. The smallest absolute Gasteiger partial charge is 0.313 e. The molecule has 1 unspecified atom stereocenters. The minimum Gasteiger partial charge on any atom is -0.493 e. The van der Waals surface area contributed by atoms with Gasteiger partial charge in [0.2, 0.25) is 0 Å². The number of carbonyl (C=O) groups is 2. The SMILES string of the molecule is CCC(C(=O)OCC(=O)NCc1ccc(OC)c(OC)c1)c1ccccc1. The summed E-state index contributed by atoms with van der Waals surface area (Å²) in [6.45, 7) is 1.90. The molecule has 27 heavy (non-hydrogen) atoms. The molecular formula is C21H25NO5. The Balaban J connectivity index is 1.84. The van der Waals surface area contributed by atoms with Crippen molar-refractivity contribution in [3.63, 3.8) is 0 Å². The first-order valence-electron chi connectivity index (χ1n) is 8.78. The zero-order chi connectivity index (χ0) is 19.6. The highest BCUT2D eigenvalue weighted by molar-refractivity contribution is 5.83. The molecule has 0 aromatic heterocycles. The van der Waals surface area contributed by atoms with E-state index >= 15 is 0 Å². The molecule has 0 fully saturated rings. The number of methoxy groups -OCH3 is 2. The maximum Gasteiger partial charge on any atom is 0.313 e. The molecule has 0 spiro atoms. The van der Waals surface area contributed by atoms with Gasteiger partial charge in [-0.3, -0.25) is 9.59 Å². The van der Waals surface area contributed by atoms with Crippen LogP contribution < -0.4 is 14.8 Å². The van der Waals surface area contributed by atoms with Crippen LogP contribution in [0.5, 0.6) is 11.5 Å². The van der Waals surface area contributed by atoms with Gasteiger partial charge in [0.15, 0.2) is 18.1 Å². The van der Waals surface area contributed by atoms with Crippen LogP contribution in [0.3, 0.4) is 0 Å². The Morgan fingerprint density at radius 1 is 1.00 bits per heavy atom. The minimum atomic E-state index is -0.398. The van der Waals surface area contributed by atoms with Gasteiger partial charge in [0.1, 0.15) is 0 Å². The van der Waals surface area contributed by atoms with Gasteiger partial charge >= 0.3 is 5.97 Å². The minimum absolute atomic E-state index is 0.298. The van der Waals surface area contributed by atoms with Crippen molar-refractivity contribution in [1.82, 2.24) is 5.32 Å². The number of ether oxygens (including phenoxy) is 3. The van der Waals surface area contributed by atoms with E-state index in [-0.39, 0.29) is 18.4 Å². The molecule has 6 heteroatoms. The van der Waals surface area contributed by atoms with Crippen LogP contribution in [0, 0.1) is 0 Å². The lowest BCUT2D eigenvalue weighted by Crippen LogP contribution is -2.29. The summed E-state index contributed by atoms with van der Waals surface area (Å²) in [4.78, 5) is 24.3. The van der Waals surface area contributed by atoms with Gasteiger partial charge in [0.05, 0.1) is 20.1 Å². The van der Waals surface area contributed by atoms with Gasteiger partial charge in [0, 0.05) is 6.54 Å². The molecule has 0 heterocycles. The van der Waals surface area contributed by atoms with E-state index in [9.17, 15) is 9.59 Å². The number of esters is 1. The summed E-state index contributed by atoms with van der Waals surface area (Å²) in [7, 11) is 3.11. The summed E-state index contributed by atoms with van der Waals surface area (Å²) in [6.07, 6.45) is 0.607. The second-order valence-electron chi connectivity index (χ2n) is 5.95. The van der Waals surface area contributed by atoms with Crippen LogP contribution >= 0.6 is 0 Å². The third-order valence-corrected chi connectivity index (χ3v) is 4.18. The van der Waals surface area contributed by atoms with Crippen LogP contribution in [0.1, 0.15) is 30.4 Å². The predicted octanol–water partition coefficient (Wildman–Crippen LogP) is 3.06. The van der Waals surface area contributed by atoms with Crippen molar-refractivity contribution < 1.29 is 23.8 Å². The molecule has 0 radical (unpaired) electrons. The Morgan fingerprint density at radius 3 is 2.33 bits per heavy atom. The lowest BCUT2D eigenvalue weighted by atomic mass is 9.97. The lowest BCUT2D eigenvalue weighted by Gasteiger charge is -2.14. The van der Waals surface area contributed by atoms with Crippen molar-refractivity contribution in [2.45, 2.75) is 25.8 Å². The maximum absolute atomic E-state index is 12.3. The summed E-state index contributed by atoms with van der Waals surface area (Å²) >= 11 is 0. The summed E-state index contributed by atoms with van der Waals surface area (Å²) in [6, 6.07) is 14.8. The Kier molecular flexibility index (Phi) is 7.67. The van der Waals surface area contributed by atoms with Crippen LogP contribution in [0.15, 0.2) is 48.5 Å². The molecule has 1 amide bonds. The molecular weight excluding hydrogens is 346 g/mol. The maximum atomic E-state index is 12.3. The third-order valence-electron chi connectivity index (χ3n) is 4.18. The fraction of sp³-hybridized carbons (Fsp3) is 0.333. The molecule has 6 nitrogen and oxygen atoms in total. The predicted molar refractivity (Wildman–Crippen MR) is 102 cm³/mol. The first kappa shape index (κ1) is 20.3. The van der Waals surface area contributed by atoms with Crippen molar-refractivity contribution in [1.29, 1.82) is 0 Å². The van der Waals surface area contributed by atoms with Crippen molar-refractivity contribution in [3.8, 4) is 11.5 Å². The Morgan fingerprint density at radius 2 is 1.70 bits per heavy atom. The summed E-state index contributed by atoms with van der Waals surface area (Å²) < 4.78 is 15.6. The van der Waals surface area contributed by atoms with Crippen molar-refractivity contribution in [3.05, 3.63) is 59.7 Å². The van der Waals surface area contributed by atoms with Crippen molar-refractivity contribution >= 4 is 11.9 Å². The lowest BCUT2D eigenvalue weighted by molar-refractivity contribution is -0.150. The molecule has 2 aromatic rings. The largest absolute Gasteiger partial charge is 0.493 e. The van der Waals surface area contributed by atoms with Crippen LogP contribution in [-0.2, 0) is 20.9 Å². The molecule has 0 aliphatic rings.